The van der Waals surface area contributed by atoms with E-state index in [4.69, 9.17) is 5.11 Å². The van der Waals surface area contributed by atoms with Crippen LogP contribution in [0.2, 0.25) is 0 Å². The molecule has 3 heteroatoms. The van der Waals surface area contributed by atoms with E-state index in [0.29, 0.717) is 18.5 Å². The van der Waals surface area contributed by atoms with E-state index in [1.807, 2.05) is 0 Å². The molecule has 2 N–H and O–H groups in total. The number of hydrogen-bond acceptors (Lipinski definition) is 3. The molecule has 1 fully saturated rings. The summed E-state index contributed by atoms with van der Waals surface area (Å²) >= 11 is 0. The zero-order chi connectivity index (χ0) is 9.84. The maximum atomic E-state index is 9.33. The van der Waals surface area contributed by atoms with Crippen molar-refractivity contribution in [2.24, 2.45) is 5.92 Å². The summed E-state index contributed by atoms with van der Waals surface area (Å²) in [6.45, 7) is 5.89. The summed E-state index contributed by atoms with van der Waals surface area (Å²) in [6.07, 6.45) is 1.94. The highest BCUT2D eigenvalue weighted by atomic mass is 16.3. The van der Waals surface area contributed by atoms with E-state index in [2.05, 4.69) is 18.7 Å². The molecule has 0 spiro atoms. The molecule has 78 valence electrons. The number of hydrogen-bond donors (Lipinski definition) is 2. The minimum absolute atomic E-state index is 0.124. The topological polar surface area (TPSA) is 43.7 Å². The summed E-state index contributed by atoms with van der Waals surface area (Å²) in [6, 6.07) is 0.670. The smallest absolute Gasteiger partial charge is 0.0897 e. The monoisotopic (exact) mass is 187 g/mol. The maximum absolute atomic E-state index is 9.33. The maximum Gasteiger partial charge on any atom is 0.0897 e. The predicted octanol–water partition coefficient (Wildman–Crippen LogP) is 0.460. The standard InChI is InChI=1S/C10H21NO2/c1-8(2)5-11(9-3-4-9)6-10(13)7-12/h8-10,12-13H,3-7H2,1-2H3. The number of aliphatic hydroxyl groups is 2. The first kappa shape index (κ1) is 11.0. The largest absolute Gasteiger partial charge is 0.394 e. The Morgan fingerprint density at radius 2 is 1.92 bits per heavy atom. The second-order valence-corrected chi connectivity index (χ2v) is 4.42. The molecule has 1 rings (SSSR count). The van der Waals surface area contributed by atoms with E-state index in [0.717, 1.165) is 6.54 Å². The van der Waals surface area contributed by atoms with Gasteiger partial charge in [0.15, 0.2) is 0 Å². The minimum Gasteiger partial charge on any atom is -0.394 e. The Morgan fingerprint density at radius 3 is 2.31 bits per heavy atom. The molecule has 3 nitrogen and oxygen atoms in total. The predicted molar refractivity (Wildman–Crippen MR) is 52.5 cm³/mol. The Kier molecular flexibility index (Phi) is 4.16. The van der Waals surface area contributed by atoms with Crippen LogP contribution in [0.5, 0.6) is 0 Å². The van der Waals surface area contributed by atoms with E-state index in [-0.39, 0.29) is 6.61 Å². The summed E-state index contributed by atoms with van der Waals surface area (Å²) in [7, 11) is 0. The van der Waals surface area contributed by atoms with Crippen molar-refractivity contribution in [2.45, 2.75) is 38.8 Å². The molecule has 0 saturated heterocycles. The van der Waals surface area contributed by atoms with Crippen LogP contribution in [-0.4, -0.2) is 47.0 Å². The Morgan fingerprint density at radius 1 is 1.31 bits per heavy atom. The lowest BCUT2D eigenvalue weighted by atomic mass is 10.2. The third kappa shape index (κ3) is 4.07. The second kappa shape index (κ2) is 4.94. The average molecular weight is 187 g/mol. The van der Waals surface area contributed by atoms with Crippen LogP contribution < -0.4 is 0 Å². The summed E-state index contributed by atoms with van der Waals surface area (Å²) in [4.78, 5) is 2.30. The van der Waals surface area contributed by atoms with Crippen LogP contribution in [0, 0.1) is 5.92 Å². The van der Waals surface area contributed by atoms with Crippen molar-refractivity contribution in [1.29, 1.82) is 0 Å². The zero-order valence-corrected chi connectivity index (χ0v) is 8.61. The first-order valence-corrected chi connectivity index (χ1v) is 5.16. The van der Waals surface area contributed by atoms with Crippen molar-refractivity contribution in [1.82, 2.24) is 4.90 Å². The van der Waals surface area contributed by atoms with Crippen LogP contribution in [-0.2, 0) is 0 Å². The van der Waals surface area contributed by atoms with Crippen LogP contribution in [0.1, 0.15) is 26.7 Å². The van der Waals surface area contributed by atoms with Crippen molar-refractivity contribution in [3.8, 4) is 0 Å². The molecule has 1 aliphatic carbocycles. The van der Waals surface area contributed by atoms with Gasteiger partial charge in [0.2, 0.25) is 0 Å². The molecule has 0 heterocycles. The lowest BCUT2D eigenvalue weighted by Crippen LogP contribution is -2.38. The first-order valence-electron chi connectivity index (χ1n) is 5.16. The van der Waals surface area contributed by atoms with E-state index < -0.39 is 6.10 Å². The minimum atomic E-state index is -0.570. The van der Waals surface area contributed by atoms with Crippen LogP contribution in [0.3, 0.4) is 0 Å². The van der Waals surface area contributed by atoms with E-state index in [9.17, 15) is 5.11 Å². The van der Waals surface area contributed by atoms with Crippen LogP contribution >= 0.6 is 0 Å². The fourth-order valence-electron chi connectivity index (χ4n) is 1.61. The quantitative estimate of drug-likeness (QED) is 0.635. The van der Waals surface area contributed by atoms with Gasteiger partial charge < -0.3 is 10.2 Å². The molecule has 0 aromatic carbocycles. The molecule has 13 heavy (non-hydrogen) atoms. The molecule has 0 radical (unpaired) electrons. The Balaban J connectivity index is 2.29. The molecule has 0 amide bonds. The van der Waals surface area contributed by atoms with E-state index in [1.54, 1.807) is 0 Å². The van der Waals surface area contributed by atoms with Gasteiger partial charge in [-0.25, -0.2) is 0 Å². The molecule has 0 aromatic heterocycles. The number of nitrogens with zero attached hydrogens (tertiary/aromatic N) is 1. The first-order chi connectivity index (χ1) is 6.13. The second-order valence-electron chi connectivity index (χ2n) is 4.42. The van der Waals surface area contributed by atoms with E-state index >= 15 is 0 Å². The van der Waals surface area contributed by atoms with Crippen molar-refractivity contribution < 1.29 is 10.2 Å². The lowest BCUT2D eigenvalue weighted by molar-refractivity contribution is 0.0528. The summed E-state index contributed by atoms with van der Waals surface area (Å²) in [5, 5.41) is 18.1. The lowest BCUT2D eigenvalue weighted by Gasteiger charge is -2.25. The van der Waals surface area contributed by atoms with Crippen molar-refractivity contribution in [3.05, 3.63) is 0 Å². The molecule has 0 aliphatic heterocycles. The molecule has 1 unspecified atom stereocenters. The Hall–Kier alpha value is -0.120. The molecule has 0 bridgehead atoms. The highest BCUT2D eigenvalue weighted by Crippen LogP contribution is 2.27. The summed E-state index contributed by atoms with van der Waals surface area (Å²) in [5.74, 6) is 0.631. The van der Waals surface area contributed by atoms with Crippen molar-refractivity contribution >= 4 is 0 Å². The molecule has 1 aliphatic rings. The third-order valence-electron chi connectivity index (χ3n) is 2.32. The van der Waals surface area contributed by atoms with Gasteiger partial charge in [0.05, 0.1) is 12.7 Å². The molecule has 1 saturated carbocycles. The highest BCUT2D eigenvalue weighted by molar-refractivity contribution is 4.85. The van der Waals surface area contributed by atoms with Gasteiger partial charge in [-0.05, 0) is 18.8 Å². The van der Waals surface area contributed by atoms with Crippen molar-refractivity contribution in [3.63, 3.8) is 0 Å². The average Bonchev–Trinajstić information content (AvgIpc) is 2.84. The summed E-state index contributed by atoms with van der Waals surface area (Å²) < 4.78 is 0. The summed E-state index contributed by atoms with van der Waals surface area (Å²) in [5.41, 5.74) is 0. The zero-order valence-electron chi connectivity index (χ0n) is 8.61. The van der Waals surface area contributed by atoms with Gasteiger partial charge >= 0.3 is 0 Å². The Bertz CT molecular complexity index is 146. The van der Waals surface area contributed by atoms with Crippen LogP contribution in [0.4, 0.5) is 0 Å². The fourth-order valence-corrected chi connectivity index (χ4v) is 1.61. The number of aliphatic hydroxyl groups excluding tert-OH is 2. The number of rotatable bonds is 6. The van der Waals surface area contributed by atoms with Crippen LogP contribution in [0.25, 0.3) is 0 Å². The van der Waals surface area contributed by atoms with E-state index in [1.165, 1.54) is 12.8 Å². The third-order valence-corrected chi connectivity index (χ3v) is 2.32. The van der Waals surface area contributed by atoms with Gasteiger partial charge in [-0.1, -0.05) is 13.8 Å². The van der Waals surface area contributed by atoms with Gasteiger partial charge in [0, 0.05) is 19.1 Å². The van der Waals surface area contributed by atoms with Gasteiger partial charge in [0.25, 0.3) is 0 Å². The highest BCUT2D eigenvalue weighted by Gasteiger charge is 2.30. The molecular formula is C10H21NO2. The van der Waals surface area contributed by atoms with Gasteiger partial charge in [0.1, 0.15) is 0 Å². The van der Waals surface area contributed by atoms with Crippen molar-refractivity contribution in [2.75, 3.05) is 19.7 Å². The van der Waals surface area contributed by atoms with Crippen LogP contribution in [0.15, 0.2) is 0 Å². The molecule has 0 aromatic rings. The normalized spacial score (nSPS) is 19.8. The molecular weight excluding hydrogens is 166 g/mol. The van der Waals surface area contributed by atoms with Gasteiger partial charge in [-0.15, -0.1) is 0 Å². The van der Waals surface area contributed by atoms with Gasteiger partial charge in [-0.3, -0.25) is 4.90 Å². The SMILES string of the molecule is CC(C)CN(CC(O)CO)C1CC1. The molecule has 1 atom stereocenters. The fraction of sp³-hybridized carbons (Fsp3) is 1.00. The Labute approximate surface area is 80.4 Å². The van der Waals surface area contributed by atoms with Gasteiger partial charge in [-0.2, -0.15) is 0 Å².